The number of nitriles is 1. The maximum atomic E-state index is 10.9. The van der Waals surface area contributed by atoms with Gasteiger partial charge < -0.3 is 4.42 Å². The molecule has 7 heteroatoms. The van der Waals surface area contributed by atoms with Crippen molar-refractivity contribution in [3.63, 3.8) is 0 Å². The van der Waals surface area contributed by atoms with E-state index in [2.05, 4.69) is 4.98 Å². The molecule has 0 bridgehead atoms. The van der Waals surface area contributed by atoms with Crippen molar-refractivity contribution in [2.75, 3.05) is 0 Å². The molecular weight excluding hydrogens is 218 g/mol. The molecule has 0 atom stereocenters. The molecule has 1 aromatic heterocycles. The Balaban J connectivity index is 2.84. The quantitative estimate of drug-likeness (QED) is 0.749. The molecule has 0 saturated carbocycles. The van der Waals surface area contributed by atoms with Crippen molar-refractivity contribution in [3.05, 3.63) is 23.8 Å². The van der Waals surface area contributed by atoms with Gasteiger partial charge in [-0.1, -0.05) is 6.07 Å². The van der Waals surface area contributed by atoms with Gasteiger partial charge in [0.15, 0.2) is 5.58 Å². The number of primary sulfonamides is 1. The fourth-order valence-corrected chi connectivity index (χ4v) is 1.56. The third kappa shape index (κ3) is 1.56. The van der Waals surface area contributed by atoms with Crippen molar-refractivity contribution < 1.29 is 12.8 Å². The van der Waals surface area contributed by atoms with E-state index < -0.39 is 15.2 Å². The SMILES string of the molecule is N#Cc1cccc2oc(S(N)(=O)=O)nc12. The summed E-state index contributed by atoms with van der Waals surface area (Å²) in [5, 5.41) is 13.0. The molecule has 76 valence electrons. The average Bonchev–Trinajstić information content (AvgIpc) is 2.59. The van der Waals surface area contributed by atoms with Crippen LogP contribution in [0.4, 0.5) is 0 Å². The van der Waals surface area contributed by atoms with Crippen molar-refractivity contribution in [2.24, 2.45) is 5.14 Å². The van der Waals surface area contributed by atoms with Gasteiger partial charge in [-0.15, -0.1) is 0 Å². The number of hydrogen-bond donors (Lipinski definition) is 1. The first-order valence-electron chi connectivity index (χ1n) is 3.85. The molecular formula is C8H5N3O3S. The maximum absolute atomic E-state index is 10.9. The highest BCUT2D eigenvalue weighted by molar-refractivity contribution is 7.88. The highest BCUT2D eigenvalue weighted by Gasteiger charge is 2.18. The van der Waals surface area contributed by atoms with Crippen molar-refractivity contribution in [3.8, 4) is 6.07 Å². The number of hydrogen-bond acceptors (Lipinski definition) is 5. The van der Waals surface area contributed by atoms with Gasteiger partial charge in [0.25, 0.3) is 10.0 Å². The maximum Gasteiger partial charge on any atom is 0.331 e. The smallest absolute Gasteiger partial charge is 0.331 e. The average molecular weight is 223 g/mol. The Labute approximate surface area is 85.0 Å². The summed E-state index contributed by atoms with van der Waals surface area (Å²) in [6.07, 6.45) is 0. The van der Waals surface area contributed by atoms with Crippen LogP contribution < -0.4 is 5.14 Å². The van der Waals surface area contributed by atoms with Gasteiger partial charge in [0.1, 0.15) is 11.6 Å². The Hall–Kier alpha value is -1.91. The van der Waals surface area contributed by atoms with Crippen LogP contribution in [0.5, 0.6) is 0 Å². The minimum absolute atomic E-state index is 0.198. The van der Waals surface area contributed by atoms with E-state index in [-0.39, 0.29) is 16.7 Å². The summed E-state index contributed by atoms with van der Waals surface area (Å²) >= 11 is 0. The van der Waals surface area contributed by atoms with Crippen LogP contribution in [-0.2, 0) is 10.0 Å². The van der Waals surface area contributed by atoms with Gasteiger partial charge in [-0.3, -0.25) is 0 Å². The van der Waals surface area contributed by atoms with Crippen molar-refractivity contribution in [1.29, 1.82) is 5.26 Å². The largest absolute Gasteiger partial charge is 0.427 e. The summed E-state index contributed by atoms with van der Waals surface area (Å²) in [5.74, 6) is 0. The van der Waals surface area contributed by atoms with Crippen molar-refractivity contribution in [2.45, 2.75) is 5.22 Å². The number of para-hydroxylation sites is 1. The minimum atomic E-state index is -3.98. The predicted octanol–water partition coefficient (Wildman–Crippen LogP) is 0.347. The second-order valence-corrected chi connectivity index (χ2v) is 4.23. The van der Waals surface area contributed by atoms with Gasteiger partial charge in [-0.05, 0) is 12.1 Å². The summed E-state index contributed by atoms with van der Waals surface area (Å²) in [4.78, 5) is 3.65. The van der Waals surface area contributed by atoms with Gasteiger partial charge in [-0.25, -0.2) is 13.6 Å². The third-order valence-corrected chi connectivity index (χ3v) is 2.42. The lowest BCUT2D eigenvalue weighted by Crippen LogP contribution is -2.12. The molecule has 1 aromatic carbocycles. The molecule has 2 N–H and O–H groups in total. The van der Waals surface area contributed by atoms with Gasteiger partial charge >= 0.3 is 5.22 Å². The lowest BCUT2D eigenvalue weighted by atomic mass is 10.2. The standard InChI is InChI=1S/C8H5N3O3S/c9-4-5-2-1-3-6-7(5)11-8(14-6)15(10,12)13/h1-3H,(H2,10,12,13). The highest BCUT2D eigenvalue weighted by Crippen LogP contribution is 2.20. The van der Waals surface area contributed by atoms with E-state index in [4.69, 9.17) is 14.8 Å². The normalized spacial score (nSPS) is 11.5. The van der Waals surface area contributed by atoms with Crippen molar-refractivity contribution >= 4 is 21.1 Å². The summed E-state index contributed by atoms with van der Waals surface area (Å²) < 4.78 is 26.8. The van der Waals surface area contributed by atoms with Crippen LogP contribution in [0.2, 0.25) is 0 Å². The molecule has 0 saturated heterocycles. The zero-order valence-electron chi connectivity index (χ0n) is 7.34. The number of nitrogens with zero attached hydrogens (tertiary/aromatic N) is 2. The highest BCUT2D eigenvalue weighted by atomic mass is 32.2. The first kappa shape index (κ1) is 9.64. The van der Waals surface area contributed by atoms with Crippen LogP contribution in [0.25, 0.3) is 11.1 Å². The van der Waals surface area contributed by atoms with E-state index in [0.717, 1.165) is 0 Å². The third-order valence-electron chi connectivity index (χ3n) is 1.76. The zero-order valence-corrected chi connectivity index (χ0v) is 8.15. The summed E-state index contributed by atoms with van der Waals surface area (Å²) in [6.45, 7) is 0. The van der Waals surface area contributed by atoms with Crippen molar-refractivity contribution in [1.82, 2.24) is 4.98 Å². The lowest BCUT2D eigenvalue weighted by molar-refractivity contribution is 0.459. The molecule has 15 heavy (non-hydrogen) atoms. The summed E-state index contributed by atoms with van der Waals surface area (Å²) in [6, 6.07) is 6.47. The molecule has 0 aliphatic rings. The van der Waals surface area contributed by atoms with Gasteiger partial charge in [0.2, 0.25) is 0 Å². The summed E-state index contributed by atoms with van der Waals surface area (Å²) in [7, 11) is -3.98. The monoisotopic (exact) mass is 223 g/mol. The number of fused-ring (bicyclic) bond motifs is 1. The van der Waals surface area contributed by atoms with Crippen LogP contribution in [0.15, 0.2) is 27.8 Å². The van der Waals surface area contributed by atoms with Gasteiger partial charge in [0, 0.05) is 0 Å². The van der Waals surface area contributed by atoms with Crippen LogP contribution in [-0.4, -0.2) is 13.4 Å². The fourth-order valence-electron chi connectivity index (χ4n) is 1.14. The molecule has 2 rings (SSSR count). The van der Waals surface area contributed by atoms with Crippen LogP contribution in [0.1, 0.15) is 5.56 Å². The number of rotatable bonds is 1. The molecule has 0 spiro atoms. The van der Waals surface area contributed by atoms with Gasteiger partial charge in [0.05, 0.1) is 5.56 Å². The zero-order chi connectivity index (χ0) is 11.1. The first-order valence-corrected chi connectivity index (χ1v) is 5.39. The molecule has 0 fully saturated rings. The Morgan fingerprint density at radius 2 is 2.20 bits per heavy atom. The molecule has 0 aliphatic carbocycles. The lowest BCUT2D eigenvalue weighted by Gasteiger charge is -1.86. The van der Waals surface area contributed by atoms with Crippen LogP contribution >= 0.6 is 0 Å². The van der Waals surface area contributed by atoms with E-state index in [1.807, 2.05) is 6.07 Å². The number of oxazole rings is 1. The van der Waals surface area contributed by atoms with E-state index in [1.54, 1.807) is 6.07 Å². The first-order chi connectivity index (χ1) is 7.02. The van der Waals surface area contributed by atoms with Gasteiger partial charge in [-0.2, -0.15) is 10.2 Å². The Morgan fingerprint density at radius 3 is 2.80 bits per heavy atom. The van der Waals surface area contributed by atoms with E-state index >= 15 is 0 Å². The molecule has 6 nitrogen and oxygen atoms in total. The molecule has 2 aromatic rings. The second-order valence-electron chi connectivity index (χ2n) is 2.79. The number of sulfonamides is 1. The minimum Gasteiger partial charge on any atom is -0.427 e. The van der Waals surface area contributed by atoms with Crippen LogP contribution in [0.3, 0.4) is 0 Å². The second kappa shape index (κ2) is 3.05. The topological polar surface area (TPSA) is 110 Å². The predicted molar refractivity (Wildman–Crippen MR) is 50.1 cm³/mol. The number of aromatic nitrogens is 1. The fraction of sp³-hybridized carbons (Fsp3) is 0. The number of benzene rings is 1. The number of nitrogens with two attached hydrogens (primary N) is 1. The summed E-state index contributed by atoms with van der Waals surface area (Å²) in [5.41, 5.74) is 0.660. The molecule has 0 radical (unpaired) electrons. The Morgan fingerprint density at radius 1 is 1.47 bits per heavy atom. The Kier molecular flexibility index (Phi) is 1.96. The Bertz CT molecular complexity index is 666. The molecule has 0 unspecified atom stereocenters. The van der Waals surface area contributed by atoms with E-state index in [9.17, 15) is 8.42 Å². The molecule has 1 heterocycles. The van der Waals surface area contributed by atoms with E-state index in [0.29, 0.717) is 0 Å². The van der Waals surface area contributed by atoms with E-state index in [1.165, 1.54) is 12.1 Å². The van der Waals surface area contributed by atoms with Crippen LogP contribution in [0, 0.1) is 11.3 Å². The molecule has 0 amide bonds. The molecule has 0 aliphatic heterocycles.